The van der Waals surface area contributed by atoms with Gasteiger partial charge in [0.1, 0.15) is 5.75 Å². The van der Waals surface area contributed by atoms with Crippen molar-refractivity contribution in [2.45, 2.75) is 50.6 Å². The Labute approximate surface area is 186 Å². The summed E-state index contributed by atoms with van der Waals surface area (Å²) in [7, 11) is 0. The van der Waals surface area contributed by atoms with Crippen LogP contribution in [0.5, 0.6) is 5.75 Å². The van der Waals surface area contributed by atoms with E-state index in [2.05, 4.69) is 34.1 Å². The molecule has 2 atom stereocenters. The van der Waals surface area contributed by atoms with E-state index in [4.69, 9.17) is 24.3 Å². The summed E-state index contributed by atoms with van der Waals surface area (Å²) in [6.07, 6.45) is 3.66. The van der Waals surface area contributed by atoms with Crippen molar-refractivity contribution in [3.8, 4) is 17.3 Å². The maximum Gasteiger partial charge on any atom is 0.181 e. The lowest BCUT2D eigenvalue weighted by atomic mass is 9.92. The monoisotopic (exact) mass is 436 g/mol. The third kappa shape index (κ3) is 3.40. The molecule has 32 heavy (non-hydrogen) atoms. The van der Waals surface area contributed by atoms with E-state index in [0.29, 0.717) is 13.2 Å². The van der Waals surface area contributed by atoms with Gasteiger partial charge in [0, 0.05) is 25.4 Å². The summed E-state index contributed by atoms with van der Waals surface area (Å²) < 4.78 is 21.1. The molecule has 3 aliphatic rings. The molecule has 0 radical (unpaired) electrons. The lowest BCUT2D eigenvalue weighted by Gasteiger charge is -2.24. The topological polar surface area (TPSA) is 89.1 Å². The summed E-state index contributed by atoms with van der Waals surface area (Å²) in [6, 6.07) is 8.69. The van der Waals surface area contributed by atoms with Crippen LogP contribution in [-0.4, -0.2) is 62.8 Å². The zero-order valence-electron chi connectivity index (χ0n) is 18.3. The molecule has 0 spiro atoms. The summed E-state index contributed by atoms with van der Waals surface area (Å²) in [5.41, 5.74) is 2.97. The predicted octanol–water partition coefficient (Wildman–Crippen LogP) is 3.07. The second-order valence-corrected chi connectivity index (χ2v) is 8.79. The smallest absolute Gasteiger partial charge is 0.181 e. The van der Waals surface area contributed by atoms with E-state index in [-0.39, 0.29) is 18.0 Å². The molecular weight excluding hydrogens is 408 g/mol. The van der Waals surface area contributed by atoms with E-state index in [0.717, 1.165) is 79.9 Å². The average Bonchev–Trinajstić information content (AvgIpc) is 3.59. The van der Waals surface area contributed by atoms with Crippen LogP contribution in [0, 0.1) is 6.92 Å². The fourth-order valence-corrected chi connectivity index (χ4v) is 5.05. The molecule has 0 amide bonds. The first-order valence-electron chi connectivity index (χ1n) is 11.6. The quantitative estimate of drug-likeness (QED) is 0.621. The van der Waals surface area contributed by atoms with Crippen LogP contribution in [0.25, 0.3) is 11.5 Å². The van der Waals surface area contributed by atoms with Gasteiger partial charge in [-0.25, -0.2) is 14.3 Å². The molecule has 3 aromatic rings. The normalized spacial score (nSPS) is 23.8. The van der Waals surface area contributed by atoms with Crippen molar-refractivity contribution in [1.29, 1.82) is 0 Å². The Hall–Kier alpha value is -2.78. The van der Waals surface area contributed by atoms with Gasteiger partial charge in [0.25, 0.3) is 0 Å². The van der Waals surface area contributed by atoms with Gasteiger partial charge in [-0.15, -0.1) is 5.10 Å². The number of ether oxygens (including phenoxy) is 3. The SMILES string of the molecule is Cc1c(-c2nc(C3CCOc4ccccc43)nn2C2CCOCC2)nnn1C1CCOC1. The lowest BCUT2D eigenvalue weighted by molar-refractivity contribution is 0.0665. The van der Waals surface area contributed by atoms with Crippen LogP contribution in [0.2, 0.25) is 0 Å². The highest BCUT2D eigenvalue weighted by Crippen LogP contribution is 2.38. The molecule has 6 rings (SSSR count). The number of rotatable bonds is 4. The van der Waals surface area contributed by atoms with Gasteiger partial charge in [-0.05, 0) is 38.7 Å². The van der Waals surface area contributed by atoms with Crippen molar-refractivity contribution in [1.82, 2.24) is 29.8 Å². The van der Waals surface area contributed by atoms with Gasteiger partial charge in [0.2, 0.25) is 0 Å². The Morgan fingerprint density at radius 1 is 0.906 bits per heavy atom. The molecule has 2 aromatic heterocycles. The van der Waals surface area contributed by atoms with Gasteiger partial charge >= 0.3 is 0 Å². The van der Waals surface area contributed by atoms with Crippen LogP contribution in [0.15, 0.2) is 24.3 Å². The fraction of sp³-hybridized carbons (Fsp3) is 0.565. The second-order valence-electron chi connectivity index (χ2n) is 8.79. The zero-order valence-corrected chi connectivity index (χ0v) is 18.3. The highest BCUT2D eigenvalue weighted by molar-refractivity contribution is 5.53. The molecule has 0 N–H and O–H groups in total. The lowest BCUT2D eigenvalue weighted by Crippen LogP contribution is -2.22. The first-order chi connectivity index (χ1) is 15.8. The molecule has 2 unspecified atom stereocenters. The van der Waals surface area contributed by atoms with Crippen LogP contribution >= 0.6 is 0 Å². The minimum atomic E-state index is 0.110. The van der Waals surface area contributed by atoms with E-state index >= 15 is 0 Å². The number of hydrogen-bond acceptors (Lipinski definition) is 7. The maximum absolute atomic E-state index is 5.88. The molecule has 0 bridgehead atoms. The van der Waals surface area contributed by atoms with Crippen LogP contribution in [0.4, 0.5) is 0 Å². The Bertz CT molecular complexity index is 1100. The number of benzene rings is 1. The van der Waals surface area contributed by atoms with Gasteiger partial charge in [-0.3, -0.25) is 0 Å². The van der Waals surface area contributed by atoms with Gasteiger partial charge in [0.05, 0.1) is 36.9 Å². The second kappa shape index (κ2) is 8.29. The van der Waals surface area contributed by atoms with E-state index in [1.54, 1.807) is 0 Å². The third-order valence-electron chi connectivity index (χ3n) is 6.85. The van der Waals surface area contributed by atoms with Gasteiger partial charge < -0.3 is 14.2 Å². The zero-order chi connectivity index (χ0) is 21.5. The number of para-hydroxylation sites is 1. The number of fused-ring (bicyclic) bond motifs is 1. The summed E-state index contributed by atoms with van der Waals surface area (Å²) in [4.78, 5) is 5.09. The highest BCUT2D eigenvalue weighted by atomic mass is 16.5. The van der Waals surface area contributed by atoms with E-state index in [1.165, 1.54) is 0 Å². The van der Waals surface area contributed by atoms with E-state index < -0.39 is 0 Å². The van der Waals surface area contributed by atoms with Crippen LogP contribution < -0.4 is 4.74 Å². The standard InChI is InChI=1S/C23H28N6O3/c1-15-21(25-27-28(15)17-8-12-31-14-17)23-24-22(26-29(23)16-6-10-30-11-7-16)19-9-13-32-20-5-3-2-4-18(19)20/h2-5,16-17,19H,6-14H2,1H3. The van der Waals surface area contributed by atoms with E-state index in [1.807, 2.05) is 16.8 Å². The molecule has 2 fully saturated rings. The minimum absolute atomic E-state index is 0.110. The van der Waals surface area contributed by atoms with Crippen LogP contribution in [-0.2, 0) is 9.47 Å². The molecule has 9 nitrogen and oxygen atoms in total. The van der Waals surface area contributed by atoms with Crippen molar-refractivity contribution < 1.29 is 14.2 Å². The Morgan fingerprint density at radius 3 is 2.56 bits per heavy atom. The van der Waals surface area contributed by atoms with E-state index in [9.17, 15) is 0 Å². The predicted molar refractivity (Wildman–Crippen MR) is 116 cm³/mol. The molecule has 9 heteroatoms. The first kappa shape index (κ1) is 19.9. The molecular formula is C23H28N6O3. The van der Waals surface area contributed by atoms with Crippen LogP contribution in [0.1, 0.15) is 60.8 Å². The molecule has 2 saturated heterocycles. The third-order valence-corrected chi connectivity index (χ3v) is 6.85. The minimum Gasteiger partial charge on any atom is -0.493 e. The number of aromatic nitrogens is 6. The maximum atomic E-state index is 5.88. The highest BCUT2D eigenvalue weighted by Gasteiger charge is 2.32. The van der Waals surface area contributed by atoms with Crippen molar-refractivity contribution in [3.63, 3.8) is 0 Å². The summed E-state index contributed by atoms with van der Waals surface area (Å²) in [5.74, 6) is 2.67. The number of hydrogen-bond donors (Lipinski definition) is 0. The molecule has 0 aliphatic carbocycles. The van der Waals surface area contributed by atoms with Crippen LogP contribution in [0.3, 0.4) is 0 Å². The van der Waals surface area contributed by atoms with Gasteiger partial charge in [-0.2, -0.15) is 5.10 Å². The van der Waals surface area contributed by atoms with Gasteiger partial charge in [-0.1, -0.05) is 23.4 Å². The summed E-state index contributed by atoms with van der Waals surface area (Å²) in [5, 5.41) is 14.1. The molecule has 3 aliphatic heterocycles. The Kier molecular flexibility index (Phi) is 5.15. The van der Waals surface area contributed by atoms with Crippen molar-refractivity contribution in [3.05, 3.63) is 41.3 Å². The van der Waals surface area contributed by atoms with Crippen molar-refractivity contribution >= 4 is 0 Å². The largest absolute Gasteiger partial charge is 0.493 e. The summed E-state index contributed by atoms with van der Waals surface area (Å²) >= 11 is 0. The molecule has 168 valence electrons. The molecule has 1 aromatic carbocycles. The van der Waals surface area contributed by atoms with Crippen molar-refractivity contribution in [2.75, 3.05) is 33.0 Å². The average molecular weight is 437 g/mol. The Balaban J connectivity index is 1.43. The molecule has 5 heterocycles. The first-order valence-corrected chi connectivity index (χ1v) is 11.6. The molecule has 0 saturated carbocycles. The number of nitrogens with zero attached hydrogens (tertiary/aromatic N) is 6. The summed E-state index contributed by atoms with van der Waals surface area (Å²) in [6.45, 7) is 5.67. The van der Waals surface area contributed by atoms with Gasteiger partial charge in [0.15, 0.2) is 17.3 Å². The fourth-order valence-electron chi connectivity index (χ4n) is 5.05. The Morgan fingerprint density at radius 2 is 1.72 bits per heavy atom. The van der Waals surface area contributed by atoms with Crippen molar-refractivity contribution in [2.24, 2.45) is 0 Å².